The molecule has 3 N–H and O–H groups in total. The van der Waals surface area contributed by atoms with Crippen LogP contribution in [0, 0.1) is 0 Å². The fraction of sp³-hybridized carbons (Fsp3) is 0.538. The molecule has 0 unspecified atom stereocenters. The third-order valence-electron chi connectivity index (χ3n) is 3.73. The molecule has 3 rings (SSSR count). The molecule has 2 aliphatic rings. The van der Waals surface area contributed by atoms with Crippen molar-refractivity contribution in [2.24, 2.45) is 0 Å². The second kappa shape index (κ2) is 3.53. The molecule has 80 valence electrons. The molecule has 1 aliphatic heterocycles. The van der Waals surface area contributed by atoms with Crippen LogP contribution in [0.25, 0.3) is 0 Å². The van der Waals surface area contributed by atoms with E-state index >= 15 is 0 Å². The zero-order valence-corrected chi connectivity index (χ0v) is 9.05. The summed E-state index contributed by atoms with van der Waals surface area (Å²) in [6.07, 6.45) is 6.29. The Hall–Kier alpha value is -1.02. The molecular weight excluding hydrogens is 184 g/mol. The van der Waals surface area contributed by atoms with E-state index in [-0.39, 0.29) is 0 Å². The number of nitrogen functional groups attached to an aromatic ring is 1. The molecule has 15 heavy (non-hydrogen) atoms. The largest absolute Gasteiger partial charge is 0.398 e. The van der Waals surface area contributed by atoms with Gasteiger partial charge in [-0.3, -0.25) is 0 Å². The minimum Gasteiger partial charge on any atom is -0.398 e. The molecule has 0 aromatic heterocycles. The van der Waals surface area contributed by atoms with Crippen molar-refractivity contribution in [1.29, 1.82) is 0 Å². The molecule has 0 bridgehead atoms. The van der Waals surface area contributed by atoms with Crippen LogP contribution in [0.4, 0.5) is 5.69 Å². The highest BCUT2D eigenvalue weighted by atomic mass is 14.9. The third-order valence-corrected chi connectivity index (χ3v) is 3.73. The van der Waals surface area contributed by atoms with Crippen LogP contribution < -0.4 is 11.1 Å². The fourth-order valence-corrected chi connectivity index (χ4v) is 2.91. The molecule has 1 fully saturated rings. The lowest BCUT2D eigenvalue weighted by molar-refractivity contribution is 0.649. The second-order valence-corrected chi connectivity index (χ2v) is 4.75. The van der Waals surface area contributed by atoms with Crippen molar-refractivity contribution in [2.75, 3.05) is 12.3 Å². The van der Waals surface area contributed by atoms with Gasteiger partial charge < -0.3 is 11.1 Å². The summed E-state index contributed by atoms with van der Waals surface area (Å²) in [6.45, 7) is 1.14. The van der Waals surface area contributed by atoms with Gasteiger partial charge in [-0.2, -0.15) is 0 Å². The minimum atomic E-state index is 0.510. The van der Waals surface area contributed by atoms with Crippen LogP contribution in [-0.4, -0.2) is 6.54 Å². The van der Waals surface area contributed by atoms with E-state index in [4.69, 9.17) is 5.73 Å². The van der Waals surface area contributed by atoms with E-state index in [9.17, 15) is 0 Å². The number of nitrogens with two attached hydrogens (primary N) is 1. The zero-order valence-electron chi connectivity index (χ0n) is 9.05. The van der Waals surface area contributed by atoms with Crippen molar-refractivity contribution in [3.63, 3.8) is 0 Å². The zero-order chi connectivity index (χ0) is 10.3. The predicted octanol–water partition coefficient (Wildman–Crippen LogP) is 2.18. The van der Waals surface area contributed by atoms with Gasteiger partial charge in [-0.05, 0) is 61.4 Å². The quantitative estimate of drug-likeness (QED) is 0.685. The Labute approximate surface area is 90.9 Å². The van der Waals surface area contributed by atoms with Crippen LogP contribution in [0.2, 0.25) is 0 Å². The molecule has 0 radical (unpaired) electrons. The summed E-state index contributed by atoms with van der Waals surface area (Å²) >= 11 is 0. The fourth-order valence-electron chi connectivity index (χ4n) is 2.91. The van der Waals surface area contributed by atoms with E-state index in [1.807, 2.05) is 0 Å². The first-order chi connectivity index (χ1) is 7.34. The standard InChI is InChI=1S/C13H18N2/c14-12-8-10-4-1-3-9(10)7-11(12)13-5-2-6-15-13/h7-8,13,15H,1-6,14H2/t13-/m1/s1. The molecule has 1 atom stereocenters. The Morgan fingerprint density at radius 3 is 2.67 bits per heavy atom. The summed E-state index contributed by atoms with van der Waals surface area (Å²) in [5.41, 5.74) is 11.5. The van der Waals surface area contributed by atoms with Crippen LogP contribution in [0.15, 0.2) is 12.1 Å². The van der Waals surface area contributed by atoms with E-state index in [1.54, 1.807) is 0 Å². The Bertz CT molecular complexity index is 378. The first-order valence-corrected chi connectivity index (χ1v) is 5.99. The Balaban J connectivity index is 2.00. The summed E-state index contributed by atoms with van der Waals surface area (Å²) < 4.78 is 0. The van der Waals surface area contributed by atoms with Crippen LogP contribution in [0.3, 0.4) is 0 Å². The van der Waals surface area contributed by atoms with E-state index in [2.05, 4.69) is 17.4 Å². The minimum absolute atomic E-state index is 0.510. The number of hydrogen-bond donors (Lipinski definition) is 2. The number of rotatable bonds is 1. The predicted molar refractivity (Wildman–Crippen MR) is 62.9 cm³/mol. The van der Waals surface area contributed by atoms with Crippen molar-refractivity contribution >= 4 is 5.69 Å². The lowest BCUT2D eigenvalue weighted by Crippen LogP contribution is -2.15. The lowest BCUT2D eigenvalue weighted by Gasteiger charge is -2.15. The summed E-state index contributed by atoms with van der Waals surface area (Å²) in [7, 11) is 0. The molecule has 1 saturated heterocycles. The monoisotopic (exact) mass is 202 g/mol. The molecule has 0 saturated carbocycles. The Morgan fingerprint density at radius 2 is 1.93 bits per heavy atom. The van der Waals surface area contributed by atoms with Crippen molar-refractivity contribution in [3.05, 3.63) is 28.8 Å². The number of anilines is 1. The Kier molecular flexibility index (Phi) is 2.17. The lowest BCUT2D eigenvalue weighted by atomic mass is 9.98. The number of benzene rings is 1. The molecule has 1 aromatic carbocycles. The van der Waals surface area contributed by atoms with Crippen LogP contribution in [0.1, 0.15) is 42.0 Å². The van der Waals surface area contributed by atoms with Gasteiger partial charge in [0.05, 0.1) is 0 Å². The molecular formula is C13H18N2. The van der Waals surface area contributed by atoms with Crippen molar-refractivity contribution in [1.82, 2.24) is 5.32 Å². The first kappa shape index (κ1) is 9.22. The molecule has 2 nitrogen and oxygen atoms in total. The van der Waals surface area contributed by atoms with Gasteiger partial charge in [0.15, 0.2) is 0 Å². The molecule has 1 aliphatic carbocycles. The number of fused-ring (bicyclic) bond motifs is 1. The summed E-state index contributed by atoms with van der Waals surface area (Å²) in [6, 6.07) is 5.06. The summed E-state index contributed by atoms with van der Waals surface area (Å²) in [5, 5.41) is 3.52. The molecule has 1 aromatic rings. The van der Waals surface area contributed by atoms with Gasteiger partial charge >= 0.3 is 0 Å². The number of nitrogens with one attached hydrogen (secondary N) is 1. The smallest absolute Gasteiger partial charge is 0.0365 e. The number of hydrogen-bond acceptors (Lipinski definition) is 2. The van der Waals surface area contributed by atoms with Crippen LogP contribution in [0.5, 0.6) is 0 Å². The van der Waals surface area contributed by atoms with Gasteiger partial charge in [-0.15, -0.1) is 0 Å². The molecule has 2 heteroatoms. The van der Waals surface area contributed by atoms with E-state index in [0.717, 1.165) is 12.2 Å². The van der Waals surface area contributed by atoms with Crippen LogP contribution >= 0.6 is 0 Å². The summed E-state index contributed by atoms with van der Waals surface area (Å²) in [4.78, 5) is 0. The maximum absolute atomic E-state index is 6.13. The highest BCUT2D eigenvalue weighted by Crippen LogP contribution is 2.33. The second-order valence-electron chi connectivity index (χ2n) is 4.75. The first-order valence-electron chi connectivity index (χ1n) is 5.99. The highest BCUT2D eigenvalue weighted by Gasteiger charge is 2.21. The van der Waals surface area contributed by atoms with Gasteiger partial charge in [0.2, 0.25) is 0 Å². The average Bonchev–Trinajstić information content (AvgIpc) is 2.85. The third kappa shape index (κ3) is 1.53. The van der Waals surface area contributed by atoms with Crippen molar-refractivity contribution in [3.8, 4) is 0 Å². The topological polar surface area (TPSA) is 38.0 Å². The van der Waals surface area contributed by atoms with Crippen LogP contribution in [-0.2, 0) is 12.8 Å². The molecule has 0 amide bonds. The van der Waals surface area contributed by atoms with Gasteiger partial charge in [0, 0.05) is 11.7 Å². The average molecular weight is 202 g/mol. The van der Waals surface area contributed by atoms with E-state index in [0.29, 0.717) is 6.04 Å². The van der Waals surface area contributed by atoms with Gasteiger partial charge in [-0.1, -0.05) is 6.07 Å². The van der Waals surface area contributed by atoms with Crippen molar-refractivity contribution in [2.45, 2.75) is 38.1 Å². The van der Waals surface area contributed by atoms with Gasteiger partial charge in [-0.25, -0.2) is 0 Å². The molecule has 1 heterocycles. The maximum atomic E-state index is 6.13. The number of aryl methyl sites for hydroxylation is 2. The molecule has 0 spiro atoms. The highest BCUT2D eigenvalue weighted by molar-refractivity contribution is 5.55. The maximum Gasteiger partial charge on any atom is 0.0365 e. The van der Waals surface area contributed by atoms with Gasteiger partial charge in [0.1, 0.15) is 0 Å². The summed E-state index contributed by atoms with van der Waals surface area (Å²) in [5.74, 6) is 0. The van der Waals surface area contributed by atoms with E-state index in [1.165, 1.54) is 48.8 Å². The Morgan fingerprint density at radius 1 is 1.13 bits per heavy atom. The van der Waals surface area contributed by atoms with Gasteiger partial charge in [0.25, 0.3) is 0 Å². The SMILES string of the molecule is Nc1cc2c(cc1[C@H]1CCCN1)CCC2. The van der Waals surface area contributed by atoms with Crippen molar-refractivity contribution < 1.29 is 0 Å². The normalized spacial score (nSPS) is 24.4. The van der Waals surface area contributed by atoms with E-state index < -0.39 is 0 Å².